The first kappa shape index (κ1) is 14.7. The van der Waals surface area contributed by atoms with Crippen LogP contribution in [0.25, 0.3) is 10.8 Å². The fraction of sp³-hybridized carbons (Fsp3) is 0.250. The smallest absolute Gasteiger partial charge is 0.161 e. The van der Waals surface area contributed by atoms with E-state index in [2.05, 4.69) is 15.2 Å². The molecule has 0 aliphatic rings. The van der Waals surface area contributed by atoms with E-state index in [1.165, 1.54) is 0 Å². The fourth-order valence-electron chi connectivity index (χ4n) is 2.47. The molecule has 1 N–H and O–H groups in total. The molecule has 3 rings (SSSR count). The first-order valence-corrected chi connectivity index (χ1v) is 8.97. The molecule has 0 atom stereocenters. The monoisotopic (exact) mass is 315 g/mol. The molecule has 0 radical (unpaired) electrons. The molecular weight excluding hydrogens is 298 g/mol. The number of nitrogens with one attached hydrogen (secondary N) is 1. The fourth-order valence-corrected chi connectivity index (χ4v) is 3.85. The van der Waals surface area contributed by atoms with Crippen molar-refractivity contribution in [1.29, 1.82) is 0 Å². The number of benzene rings is 2. The third-order valence-corrected chi connectivity index (χ3v) is 4.97. The van der Waals surface area contributed by atoms with Crippen LogP contribution in [0.5, 0.6) is 0 Å². The van der Waals surface area contributed by atoms with Crippen LogP contribution in [0.4, 0.5) is 0 Å². The van der Waals surface area contributed by atoms with Crippen LogP contribution in [0.2, 0.25) is 0 Å². The van der Waals surface area contributed by atoms with Gasteiger partial charge in [-0.25, -0.2) is 13.4 Å². The summed E-state index contributed by atoms with van der Waals surface area (Å²) in [5.74, 6) is 0.909. The predicted octanol–water partition coefficient (Wildman–Crippen LogP) is 2.64. The van der Waals surface area contributed by atoms with Gasteiger partial charge in [0.15, 0.2) is 9.84 Å². The highest BCUT2D eigenvalue weighted by Crippen LogP contribution is 2.21. The van der Waals surface area contributed by atoms with Gasteiger partial charge in [-0.05, 0) is 16.3 Å². The van der Waals surface area contributed by atoms with Crippen molar-refractivity contribution in [3.8, 4) is 0 Å². The van der Waals surface area contributed by atoms with Crippen LogP contribution in [-0.2, 0) is 27.8 Å². The number of fused-ring (bicyclic) bond motifs is 1. The van der Waals surface area contributed by atoms with E-state index in [-0.39, 0.29) is 11.5 Å². The van der Waals surface area contributed by atoms with Gasteiger partial charge >= 0.3 is 0 Å². The molecule has 2 aromatic carbocycles. The van der Waals surface area contributed by atoms with Gasteiger partial charge in [0.05, 0.1) is 5.75 Å². The lowest BCUT2D eigenvalue weighted by molar-refractivity contribution is 0.593. The summed E-state index contributed by atoms with van der Waals surface area (Å²) < 4.78 is 24.8. The number of hydrogen-bond donors (Lipinski definition) is 1. The highest BCUT2D eigenvalue weighted by atomic mass is 32.2. The molecule has 0 amide bonds. The Labute approximate surface area is 129 Å². The Hall–Kier alpha value is -2.21. The van der Waals surface area contributed by atoms with Crippen molar-refractivity contribution < 1.29 is 8.42 Å². The van der Waals surface area contributed by atoms with Crippen molar-refractivity contribution in [2.24, 2.45) is 0 Å². The summed E-state index contributed by atoms with van der Waals surface area (Å²) in [5, 5.41) is 8.69. The molecule has 0 bridgehead atoms. The normalized spacial score (nSPS) is 11.9. The van der Waals surface area contributed by atoms with Crippen molar-refractivity contribution in [3.63, 3.8) is 0 Å². The summed E-state index contributed by atoms with van der Waals surface area (Å²) in [7, 11) is -3.31. The molecule has 0 fully saturated rings. The number of aromatic nitrogens is 3. The lowest BCUT2D eigenvalue weighted by Crippen LogP contribution is -2.09. The van der Waals surface area contributed by atoms with Crippen molar-refractivity contribution in [2.75, 3.05) is 0 Å². The highest BCUT2D eigenvalue weighted by molar-refractivity contribution is 7.89. The standard InChI is InChI=1S/C16H17N3O2S/c1-2-15-17-16(19-18-15)11-22(20,21)10-13-8-5-7-12-6-3-4-9-14(12)13/h3-9H,2,10-11H2,1H3,(H,17,18,19). The first-order valence-electron chi connectivity index (χ1n) is 7.14. The van der Waals surface area contributed by atoms with Crippen molar-refractivity contribution in [2.45, 2.75) is 24.9 Å². The number of H-pyrrole nitrogens is 1. The lowest BCUT2D eigenvalue weighted by Gasteiger charge is -2.07. The lowest BCUT2D eigenvalue weighted by atomic mass is 10.1. The quantitative estimate of drug-likeness (QED) is 0.785. The Kier molecular flexibility index (Phi) is 3.94. The maximum Gasteiger partial charge on any atom is 0.161 e. The maximum atomic E-state index is 12.4. The van der Waals surface area contributed by atoms with Gasteiger partial charge < -0.3 is 0 Å². The molecule has 0 saturated heterocycles. The van der Waals surface area contributed by atoms with Gasteiger partial charge in [-0.15, -0.1) is 0 Å². The van der Waals surface area contributed by atoms with Crippen molar-refractivity contribution in [1.82, 2.24) is 15.2 Å². The van der Waals surface area contributed by atoms with Crippen LogP contribution in [0, 0.1) is 0 Å². The number of aromatic amines is 1. The van der Waals surface area contributed by atoms with E-state index in [1.807, 2.05) is 49.4 Å². The number of aryl methyl sites for hydroxylation is 1. The molecule has 1 heterocycles. The van der Waals surface area contributed by atoms with Crippen LogP contribution in [0.3, 0.4) is 0 Å². The molecule has 114 valence electrons. The minimum absolute atomic E-state index is 0.00346. The first-order chi connectivity index (χ1) is 10.6. The largest absolute Gasteiger partial charge is 0.262 e. The van der Waals surface area contributed by atoms with E-state index >= 15 is 0 Å². The summed E-state index contributed by atoms with van der Waals surface area (Å²) in [6.45, 7) is 1.93. The van der Waals surface area contributed by atoms with E-state index in [4.69, 9.17) is 0 Å². The number of hydrogen-bond acceptors (Lipinski definition) is 4. The summed E-state index contributed by atoms with van der Waals surface area (Å²) in [6.07, 6.45) is 0.680. The molecule has 6 heteroatoms. The van der Waals surface area contributed by atoms with Gasteiger partial charge in [-0.3, -0.25) is 5.10 Å². The van der Waals surface area contributed by atoms with E-state index in [0.717, 1.165) is 16.3 Å². The zero-order valence-electron chi connectivity index (χ0n) is 12.3. The SMILES string of the molecule is CCc1n[nH]c(CS(=O)(=O)Cc2cccc3ccccc23)n1. The topological polar surface area (TPSA) is 75.7 Å². The van der Waals surface area contributed by atoms with Crippen LogP contribution >= 0.6 is 0 Å². The Morgan fingerprint density at radius 1 is 1.05 bits per heavy atom. The van der Waals surface area contributed by atoms with E-state index in [1.54, 1.807) is 0 Å². The van der Waals surface area contributed by atoms with Gasteiger partial charge in [-0.1, -0.05) is 49.4 Å². The minimum atomic E-state index is -3.31. The van der Waals surface area contributed by atoms with Gasteiger partial charge in [0.2, 0.25) is 0 Å². The average Bonchev–Trinajstić information content (AvgIpc) is 2.94. The Morgan fingerprint density at radius 2 is 1.82 bits per heavy atom. The molecule has 22 heavy (non-hydrogen) atoms. The zero-order valence-corrected chi connectivity index (χ0v) is 13.1. The molecule has 1 aromatic heterocycles. The van der Waals surface area contributed by atoms with Gasteiger partial charge in [0.25, 0.3) is 0 Å². The molecule has 0 aliphatic heterocycles. The second kappa shape index (κ2) is 5.88. The summed E-state index contributed by atoms with van der Waals surface area (Å²) in [5.41, 5.74) is 0.813. The molecule has 0 saturated carbocycles. The average molecular weight is 315 g/mol. The van der Waals surface area contributed by atoms with E-state index in [9.17, 15) is 8.42 Å². The maximum absolute atomic E-state index is 12.4. The van der Waals surface area contributed by atoms with Gasteiger partial charge in [0.1, 0.15) is 17.4 Å². The Bertz CT molecular complexity index is 895. The van der Waals surface area contributed by atoms with E-state index in [0.29, 0.717) is 18.1 Å². The van der Waals surface area contributed by atoms with Gasteiger partial charge in [0, 0.05) is 6.42 Å². The summed E-state index contributed by atoms with van der Waals surface area (Å²) in [4.78, 5) is 4.17. The van der Waals surface area contributed by atoms with Crippen LogP contribution in [0.1, 0.15) is 24.1 Å². The van der Waals surface area contributed by atoms with E-state index < -0.39 is 9.84 Å². The number of sulfone groups is 1. The highest BCUT2D eigenvalue weighted by Gasteiger charge is 2.17. The second-order valence-electron chi connectivity index (χ2n) is 5.22. The van der Waals surface area contributed by atoms with Crippen LogP contribution < -0.4 is 0 Å². The number of rotatable bonds is 5. The van der Waals surface area contributed by atoms with Crippen molar-refractivity contribution in [3.05, 3.63) is 59.7 Å². The van der Waals surface area contributed by atoms with Crippen LogP contribution in [-0.4, -0.2) is 23.6 Å². The van der Waals surface area contributed by atoms with Crippen molar-refractivity contribution >= 4 is 20.6 Å². The molecule has 0 spiro atoms. The third-order valence-electron chi connectivity index (χ3n) is 3.51. The Balaban J connectivity index is 1.87. The van der Waals surface area contributed by atoms with Crippen LogP contribution in [0.15, 0.2) is 42.5 Å². The minimum Gasteiger partial charge on any atom is -0.262 e. The molecular formula is C16H17N3O2S. The molecule has 5 nitrogen and oxygen atoms in total. The summed E-state index contributed by atoms with van der Waals surface area (Å²) >= 11 is 0. The number of nitrogens with zero attached hydrogens (tertiary/aromatic N) is 2. The second-order valence-corrected chi connectivity index (χ2v) is 7.29. The van der Waals surface area contributed by atoms with Gasteiger partial charge in [-0.2, -0.15) is 5.10 Å². The summed E-state index contributed by atoms with van der Waals surface area (Å²) in [6, 6.07) is 13.5. The third kappa shape index (κ3) is 3.17. The predicted molar refractivity (Wildman–Crippen MR) is 86.0 cm³/mol. The zero-order chi connectivity index (χ0) is 15.6. The molecule has 3 aromatic rings. The molecule has 0 unspecified atom stereocenters. The molecule has 0 aliphatic carbocycles. The Morgan fingerprint density at radius 3 is 2.59 bits per heavy atom.